The number of thioether (sulfide) groups is 1. The molecule has 0 aliphatic carbocycles. The Hall–Kier alpha value is -5.02. The molecule has 0 radical (unpaired) electrons. The number of rotatable bonds is 13. The second kappa shape index (κ2) is 15.8. The van der Waals surface area contributed by atoms with Gasteiger partial charge in [-0.2, -0.15) is 0 Å². The van der Waals surface area contributed by atoms with Crippen molar-refractivity contribution in [3.8, 4) is 11.5 Å². The largest absolute Gasteiger partial charge is 0.494 e. The lowest BCUT2D eigenvalue weighted by Gasteiger charge is -2.12. The van der Waals surface area contributed by atoms with Crippen molar-refractivity contribution >= 4 is 46.9 Å². The van der Waals surface area contributed by atoms with Gasteiger partial charge in [-0.15, -0.1) is 11.8 Å². The Labute approximate surface area is 255 Å². The minimum Gasteiger partial charge on any atom is -0.494 e. The first-order valence-electron chi connectivity index (χ1n) is 13.8. The highest BCUT2D eigenvalue weighted by Gasteiger charge is 2.15. The monoisotopic (exact) mass is 595 g/mol. The van der Waals surface area contributed by atoms with Crippen LogP contribution in [0.4, 0.5) is 11.4 Å². The molecule has 8 nitrogen and oxygen atoms in total. The molecular weight excluding hydrogens is 562 g/mol. The van der Waals surface area contributed by atoms with E-state index < -0.39 is 11.8 Å². The molecule has 0 atom stereocenters. The minimum atomic E-state index is -0.481. The Kier molecular flexibility index (Phi) is 11.4. The summed E-state index contributed by atoms with van der Waals surface area (Å²) in [7, 11) is 0. The molecule has 0 unspecified atom stereocenters. The van der Waals surface area contributed by atoms with Crippen molar-refractivity contribution in [3.05, 3.63) is 120 Å². The summed E-state index contributed by atoms with van der Waals surface area (Å²) in [5.74, 6) is 0.497. The Morgan fingerprint density at radius 1 is 0.744 bits per heavy atom. The first-order valence-corrected chi connectivity index (χ1v) is 14.8. The number of para-hydroxylation sites is 2. The lowest BCUT2D eigenvalue weighted by atomic mass is 10.1. The molecular formula is C34H33N3O5S. The topological polar surface area (TPSA) is 106 Å². The molecule has 0 bridgehead atoms. The van der Waals surface area contributed by atoms with Gasteiger partial charge in [0, 0.05) is 16.1 Å². The van der Waals surface area contributed by atoms with Crippen LogP contribution in [0.3, 0.4) is 0 Å². The van der Waals surface area contributed by atoms with E-state index in [9.17, 15) is 14.4 Å². The van der Waals surface area contributed by atoms with E-state index in [1.54, 1.807) is 60.7 Å². The number of anilines is 2. The molecule has 4 rings (SSSR count). The smallest absolute Gasteiger partial charge is 0.272 e. The molecule has 0 aromatic heterocycles. The van der Waals surface area contributed by atoms with Gasteiger partial charge < -0.3 is 25.4 Å². The highest BCUT2D eigenvalue weighted by molar-refractivity contribution is 8.00. The summed E-state index contributed by atoms with van der Waals surface area (Å²) < 4.78 is 11.1. The number of carbonyl (C=O) groups excluding carboxylic acids is 3. The third kappa shape index (κ3) is 9.51. The normalized spacial score (nSPS) is 10.9. The van der Waals surface area contributed by atoms with Crippen LogP contribution in [-0.4, -0.2) is 36.7 Å². The van der Waals surface area contributed by atoms with Gasteiger partial charge in [0.15, 0.2) is 0 Å². The number of hydrogen-bond donors (Lipinski definition) is 3. The molecule has 43 heavy (non-hydrogen) atoms. The maximum absolute atomic E-state index is 13.3. The fourth-order valence-corrected chi connectivity index (χ4v) is 4.65. The molecule has 0 aliphatic heterocycles. The summed E-state index contributed by atoms with van der Waals surface area (Å²) in [5, 5.41) is 8.47. The zero-order chi connectivity index (χ0) is 30.4. The molecule has 3 N–H and O–H groups in total. The van der Waals surface area contributed by atoms with Gasteiger partial charge >= 0.3 is 0 Å². The Balaban J connectivity index is 1.40. The predicted molar refractivity (Wildman–Crippen MR) is 172 cm³/mol. The van der Waals surface area contributed by atoms with Crippen molar-refractivity contribution in [2.45, 2.75) is 18.7 Å². The number of amides is 3. The van der Waals surface area contributed by atoms with Crippen LogP contribution in [0.2, 0.25) is 0 Å². The number of carbonyl (C=O) groups is 3. The maximum atomic E-state index is 13.3. The first-order chi connectivity index (χ1) is 20.9. The lowest BCUT2D eigenvalue weighted by molar-refractivity contribution is -0.114. The van der Waals surface area contributed by atoms with E-state index in [1.165, 1.54) is 11.8 Å². The van der Waals surface area contributed by atoms with Crippen LogP contribution in [0.25, 0.3) is 6.08 Å². The van der Waals surface area contributed by atoms with Crippen molar-refractivity contribution in [1.82, 2.24) is 5.32 Å². The van der Waals surface area contributed by atoms with E-state index in [4.69, 9.17) is 9.47 Å². The quantitative estimate of drug-likeness (QED) is 0.118. The van der Waals surface area contributed by atoms with Gasteiger partial charge in [0.2, 0.25) is 5.91 Å². The fraction of sp³-hybridized carbons (Fsp3) is 0.147. The maximum Gasteiger partial charge on any atom is 0.272 e. The Morgan fingerprint density at radius 2 is 1.42 bits per heavy atom. The Morgan fingerprint density at radius 3 is 2.12 bits per heavy atom. The van der Waals surface area contributed by atoms with Gasteiger partial charge in [-0.25, -0.2) is 0 Å². The van der Waals surface area contributed by atoms with E-state index in [0.717, 1.165) is 10.5 Å². The van der Waals surface area contributed by atoms with Gasteiger partial charge in [0.1, 0.15) is 17.2 Å². The van der Waals surface area contributed by atoms with Gasteiger partial charge in [-0.1, -0.05) is 42.5 Å². The van der Waals surface area contributed by atoms with E-state index >= 15 is 0 Å². The zero-order valence-corrected chi connectivity index (χ0v) is 24.8. The van der Waals surface area contributed by atoms with Gasteiger partial charge in [-0.05, 0) is 86.2 Å². The SMILES string of the molecule is CCOc1ccc(/C=C(\NC(=O)c2ccccc2)C(=O)Nc2ccc(SCC(=O)Nc3ccccc3OCC)cc2)cc1. The number of benzene rings is 4. The molecule has 0 aliphatic rings. The molecule has 0 spiro atoms. The van der Waals surface area contributed by atoms with Gasteiger partial charge in [0.05, 0.1) is 24.7 Å². The molecule has 4 aromatic rings. The summed E-state index contributed by atoms with van der Waals surface area (Å²) in [6.45, 7) is 4.84. The van der Waals surface area contributed by atoms with Crippen molar-refractivity contribution < 1.29 is 23.9 Å². The van der Waals surface area contributed by atoms with Crippen molar-refractivity contribution in [1.29, 1.82) is 0 Å². The molecule has 9 heteroatoms. The zero-order valence-electron chi connectivity index (χ0n) is 24.0. The fourth-order valence-electron chi connectivity index (χ4n) is 3.96. The van der Waals surface area contributed by atoms with Crippen LogP contribution in [0.5, 0.6) is 11.5 Å². The average molecular weight is 596 g/mol. The number of ether oxygens (including phenoxy) is 2. The summed E-state index contributed by atoms with van der Waals surface area (Å²) in [6.07, 6.45) is 1.61. The second-order valence-electron chi connectivity index (χ2n) is 9.12. The van der Waals surface area contributed by atoms with E-state index in [1.807, 2.05) is 62.4 Å². The lowest BCUT2D eigenvalue weighted by Crippen LogP contribution is -2.30. The van der Waals surface area contributed by atoms with Crippen LogP contribution < -0.4 is 25.4 Å². The third-order valence-electron chi connectivity index (χ3n) is 5.97. The molecule has 0 fully saturated rings. The summed E-state index contributed by atoms with van der Waals surface area (Å²) >= 11 is 1.37. The van der Waals surface area contributed by atoms with Gasteiger partial charge in [-0.3, -0.25) is 14.4 Å². The van der Waals surface area contributed by atoms with Crippen molar-refractivity contribution in [2.24, 2.45) is 0 Å². The summed E-state index contributed by atoms with van der Waals surface area (Å²) in [6, 6.07) is 30.3. The number of hydrogen-bond acceptors (Lipinski definition) is 6. The molecule has 0 saturated heterocycles. The highest BCUT2D eigenvalue weighted by atomic mass is 32.2. The van der Waals surface area contributed by atoms with Crippen LogP contribution in [-0.2, 0) is 9.59 Å². The highest BCUT2D eigenvalue weighted by Crippen LogP contribution is 2.25. The van der Waals surface area contributed by atoms with Crippen molar-refractivity contribution in [2.75, 3.05) is 29.6 Å². The van der Waals surface area contributed by atoms with E-state index in [2.05, 4.69) is 16.0 Å². The minimum absolute atomic E-state index is 0.0838. The van der Waals surface area contributed by atoms with Crippen LogP contribution in [0.15, 0.2) is 114 Å². The predicted octanol–water partition coefficient (Wildman–Crippen LogP) is 6.62. The van der Waals surface area contributed by atoms with Crippen LogP contribution >= 0.6 is 11.8 Å². The third-order valence-corrected chi connectivity index (χ3v) is 6.99. The molecule has 3 amide bonds. The average Bonchev–Trinajstić information content (AvgIpc) is 3.03. The molecule has 0 heterocycles. The first kappa shape index (κ1) is 30.9. The molecule has 0 saturated carbocycles. The Bertz CT molecular complexity index is 1560. The van der Waals surface area contributed by atoms with E-state index in [0.29, 0.717) is 41.7 Å². The summed E-state index contributed by atoms with van der Waals surface area (Å²) in [5.41, 5.74) is 2.40. The standard InChI is InChI=1S/C34H33N3O5S/c1-3-41-27-18-14-24(15-19-27)22-30(37-33(39)25-10-6-5-7-11-25)34(40)35-26-16-20-28(21-17-26)43-23-32(38)36-29-12-8-9-13-31(29)42-4-2/h5-22H,3-4,23H2,1-2H3,(H,35,40)(H,36,38)(H,37,39)/b30-22-. The van der Waals surface area contributed by atoms with Gasteiger partial charge in [0.25, 0.3) is 11.8 Å². The van der Waals surface area contributed by atoms with Crippen LogP contribution in [0, 0.1) is 0 Å². The number of nitrogens with one attached hydrogen (secondary N) is 3. The summed E-state index contributed by atoms with van der Waals surface area (Å²) in [4.78, 5) is 39.6. The van der Waals surface area contributed by atoms with E-state index in [-0.39, 0.29) is 17.4 Å². The van der Waals surface area contributed by atoms with Crippen LogP contribution in [0.1, 0.15) is 29.8 Å². The molecule has 4 aromatic carbocycles. The van der Waals surface area contributed by atoms with Crippen molar-refractivity contribution in [3.63, 3.8) is 0 Å². The molecule has 220 valence electrons. The second-order valence-corrected chi connectivity index (χ2v) is 10.2.